The zero-order valence-corrected chi connectivity index (χ0v) is 17.4. The van der Waals surface area contributed by atoms with Crippen LogP contribution < -0.4 is 5.32 Å². The van der Waals surface area contributed by atoms with Gasteiger partial charge in [0.25, 0.3) is 0 Å². The van der Waals surface area contributed by atoms with Gasteiger partial charge < -0.3 is 5.32 Å². The Kier molecular flexibility index (Phi) is 5.74. The minimum absolute atomic E-state index is 0.0485. The number of carbonyl (C=O) groups excluding carboxylic acids is 1. The number of piperidine rings is 1. The van der Waals surface area contributed by atoms with Crippen LogP contribution in [0.1, 0.15) is 44.1 Å². The van der Waals surface area contributed by atoms with Crippen LogP contribution in [0.5, 0.6) is 0 Å². The molecule has 1 aliphatic heterocycles. The van der Waals surface area contributed by atoms with Crippen LogP contribution in [0.15, 0.2) is 65.6 Å². The molecule has 2 aromatic carbocycles. The summed E-state index contributed by atoms with van der Waals surface area (Å²) in [4.78, 5) is 13.7. The van der Waals surface area contributed by atoms with Crippen molar-refractivity contribution in [1.82, 2.24) is 9.62 Å². The molecule has 5 nitrogen and oxygen atoms in total. The van der Waals surface area contributed by atoms with Crippen LogP contribution in [-0.4, -0.2) is 37.8 Å². The van der Waals surface area contributed by atoms with E-state index in [9.17, 15) is 13.2 Å². The highest BCUT2D eigenvalue weighted by molar-refractivity contribution is 7.89. The van der Waals surface area contributed by atoms with E-state index in [0.717, 1.165) is 31.2 Å². The lowest BCUT2D eigenvalue weighted by Crippen LogP contribution is -2.54. The molecule has 2 aliphatic rings. The third kappa shape index (κ3) is 3.96. The van der Waals surface area contributed by atoms with Gasteiger partial charge in [0, 0.05) is 19.1 Å². The smallest absolute Gasteiger partial charge is 0.243 e. The molecule has 0 radical (unpaired) electrons. The molecule has 1 amide bonds. The number of sulfonamides is 1. The second-order valence-corrected chi connectivity index (χ2v) is 10.1. The molecule has 154 valence electrons. The second kappa shape index (κ2) is 8.28. The van der Waals surface area contributed by atoms with Crippen molar-refractivity contribution in [3.63, 3.8) is 0 Å². The summed E-state index contributed by atoms with van der Waals surface area (Å²) >= 11 is 0. The van der Waals surface area contributed by atoms with Crippen LogP contribution >= 0.6 is 0 Å². The van der Waals surface area contributed by atoms with E-state index in [2.05, 4.69) is 5.32 Å². The average Bonchev–Trinajstić information content (AvgIpc) is 3.28. The van der Waals surface area contributed by atoms with E-state index < -0.39 is 15.4 Å². The molecule has 1 saturated heterocycles. The summed E-state index contributed by atoms with van der Waals surface area (Å²) < 4.78 is 27.5. The van der Waals surface area contributed by atoms with Crippen molar-refractivity contribution in [3.05, 3.63) is 66.2 Å². The van der Waals surface area contributed by atoms with Gasteiger partial charge in [-0.05, 0) is 43.4 Å². The maximum atomic E-state index is 13.4. The monoisotopic (exact) mass is 412 g/mol. The molecule has 0 bridgehead atoms. The number of nitrogens with one attached hydrogen (secondary N) is 1. The number of nitrogens with zero attached hydrogens (tertiary/aromatic N) is 1. The molecular formula is C23H28N2O3S. The SMILES string of the molecule is O=C(NC1CCCC1)C1(c2ccccc2)CCN(S(=O)(=O)c2ccccc2)CC1. The molecule has 1 heterocycles. The van der Waals surface area contributed by atoms with Gasteiger partial charge in [0.1, 0.15) is 0 Å². The summed E-state index contributed by atoms with van der Waals surface area (Å²) in [6.07, 6.45) is 5.36. The first kappa shape index (κ1) is 20.1. The first-order chi connectivity index (χ1) is 14.0. The Morgan fingerprint density at radius 3 is 2.03 bits per heavy atom. The summed E-state index contributed by atoms with van der Waals surface area (Å²) in [6, 6.07) is 18.6. The molecule has 1 N–H and O–H groups in total. The van der Waals surface area contributed by atoms with E-state index in [1.165, 1.54) is 4.31 Å². The van der Waals surface area contributed by atoms with Crippen LogP contribution in [0.25, 0.3) is 0 Å². The van der Waals surface area contributed by atoms with Crippen LogP contribution in [0, 0.1) is 0 Å². The van der Waals surface area contributed by atoms with Gasteiger partial charge in [0.15, 0.2) is 0 Å². The minimum Gasteiger partial charge on any atom is -0.353 e. The lowest BCUT2D eigenvalue weighted by molar-refractivity contribution is -0.129. The zero-order valence-electron chi connectivity index (χ0n) is 16.6. The van der Waals surface area contributed by atoms with E-state index in [1.807, 2.05) is 36.4 Å². The summed E-state index contributed by atoms with van der Waals surface area (Å²) in [5.41, 5.74) is 0.305. The molecule has 6 heteroatoms. The van der Waals surface area contributed by atoms with Gasteiger partial charge in [-0.2, -0.15) is 4.31 Å². The maximum Gasteiger partial charge on any atom is 0.243 e. The number of hydrogen-bond acceptors (Lipinski definition) is 3. The largest absolute Gasteiger partial charge is 0.353 e. The molecular weight excluding hydrogens is 384 g/mol. The minimum atomic E-state index is -3.54. The fraction of sp³-hybridized carbons (Fsp3) is 0.435. The van der Waals surface area contributed by atoms with Gasteiger partial charge in [-0.25, -0.2) is 8.42 Å². The second-order valence-electron chi connectivity index (χ2n) is 8.12. The topological polar surface area (TPSA) is 66.5 Å². The van der Waals surface area contributed by atoms with Gasteiger partial charge in [0.05, 0.1) is 10.3 Å². The lowest BCUT2D eigenvalue weighted by Gasteiger charge is -2.41. The van der Waals surface area contributed by atoms with E-state index in [0.29, 0.717) is 30.8 Å². The summed E-state index contributed by atoms with van der Waals surface area (Å²) in [5, 5.41) is 3.27. The Hall–Kier alpha value is -2.18. The number of amides is 1. The van der Waals surface area contributed by atoms with Gasteiger partial charge >= 0.3 is 0 Å². The molecule has 1 saturated carbocycles. The molecule has 29 heavy (non-hydrogen) atoms. The highest BCUT2D eigenvalue weighted by Crippen LogP contribution is 2.38. The Morgan fingerprint density at radius 1 is 0.897 bits per heavy atom. The summed E-state index contributed by atoms with van der Waals surface area (Å²) in [7, 11) is -3.54. The molecule has 0 spiro atoms. The van der Waals surface area contributed by atoms with Crippen molar-refractivity contribution < 1.29 is 13.2 Å². The zero-order chi connectivity index (χ0) is 20.3. The van der Waals surface area contributed by atoms with Gasteiger partial charge in [0.2, 0.25) is 15.9 Å². The van der Waals surface area contributed by atoms with Crippen molar-refractivity contribution >= 4 is 15.9 Å². The fourth-order valence-electron chi connectivity index (χ4n) is 4.65. The summed E-state index contributed by atoms with van der Waals surface area (Å²) in [6.45, 7) is 0.675. The maximum absolute atomic E-state index is 13.4. The van der Waals surface area contributed by atoms with Crippen LogP contribution in [-0.2, 0) is 20.2 Å². The molecule has 2 aromatic rings. The Bertz CT molecular complexity index is 931. The highest BCUT2D eigenvalue weighted by atomic mass is 32.2. The molecule has 4 rings (SSSR count). The van der Waals surface area contributed by atoms with Gasteiger partial charge in [-0.15, -0.1) is 0 Å². The predicted octanol–water partition coefficient (Wildman–Crippen LogP) is 3.47. The van der Waals surface area contributed by atoms with Crippen molar-refractivity contribution in [3.8, 4) is 0 Å². The number of carbonyl (C=O) groups is 1. The number of benzene rings is 2. The van der Waals surface area contributed by atoms with Crippen LogP contribution in [0.4, 0.5) is 0 Å². The molecule has 2 fully saturated rings. The van der Waals surface area contributed by atoms with E-state index in [4.69, 9.17) is 0 Å². The third-order valence-electron chi connectivity index (χ3n) is 6.41. The van der Waals surface area contributed by atoms with E-state index in [1.54, 1.807) is 24.3 Å². The quantitative estimate of drug-likeness (QED) is 0.818. The predicted molar refractivity (Wildman–Crippen MR) is 113 cm³/mol. The number of hydrogen-bond donors (Lipinski definition) is 1. The third-order valence-corrected chi connectivity index (χ3v) is 8.32. The highest BCUT2D eigenvalue weighted by Gasteiger charge is 2.45. The molecule has 0 atom stereocenters. The van der Waals surface area contributed by atoms with Crippen molar-refractivity contribution in [2.45, 2.75) is 54.9 Å². The molecule has 1 aliphatic carbocycles. The van der Waals surface area contributed by atoms with Crippen molar-refractivity contribution in [1.29, 1.82) is 0 Å². The Balaban J connectivity index is 1.57. The molecule has 0 unspecified atom stereocenters. The lowest BCUT2D eigenvalue weighted by atomic mass is 9.72. The number of rotatable bonds is 5. The van der Waals surface area contributed by atoms with Gasteiger partial charge in [-0.3, -0.25) is 4.79 Å². The van der Waals surface area contributed by atoms with Crippen LogP contribution in [0.2, 0.25) is 0 Å². The Labute approximate surface area is 173 Å². The fourth-order valence-corrected chi connectivity index (χ4v) is 6.11. The average molecular weight is 413 g/mol. The first-order valence-electron chi connectivity index (χ1n) is 10.4. The molecule has 0 aromatic heterocycles. The van der Waals surface area contributed by atoms with Crippen molar-refractivity contribution in [2.75, 3.05) is 13.1 Å². The normalized spacial score (nSPS) is 20.4. The Morgan fingerprint density at radius 2 is 1.45 bits per heavy atom. The first-order valence-corrected chi connectivity index (χ1v) is 11.9. The summed E-state index contributed by atoms with van der Waals surface area (Å²) in [5.74, 6) is 0.0485. The van der Waals surface area contributed by atoms with Crippen molar-refractivity contribution in [2.24, 2.45) is 0 Å². The van der Waals surface area contributed by atoms with E-state index >= 15 is 0 Å². The van der Waals surface area contributed by atoms with Crippen LogP contribution in [0.3, 0.4) is 0 Å². The van der Waals surface area contributed by atoms with E-state index in [-0.39, 0.29) is 11.9 Å². The van der Waals surface area contributed by atoms with Gasteiger partial charge in [-0.1, -0.05) is 61.4 Å². The standard InChI is InChI=1S/C23H28N2O3S/c26-22(24-20-11-7-8-12-20)23(19-9-3-1-4-10-19)15-17-25(18-16-23)29(27,28)21-13-5-2-6-14-21/h1-6,9-10,13-14,20H,7-8,11-12,15-18H2,(H,24,26).